The van der Waals surface area contributed by atoms with Gasteiger partial charge in [0.2, 0.25) is 0 Å². The Morgan fingerprint density at radius 1 is 1.29 bits per heavy atom. The number of aromatic nitrogens is 1. The lowest BCUT2D eigenvalue weighted by Crippen LogP contribution is -2.03. The number of benzene rings is 1. The maximum atomic E-state index is 10.2. The van der Waals surface area contributed by atoms with Crippen molar-refractivity contribution in [2.24, 2.45) is 0 Å². The fourth-order valence-corrected chi connectivity index (χ4v) is 2.72. The number of aliphatic hydroxyl groups is 1. The summed E-state index contributed by atoms with van der Waals surface area (Å²) >= 11 is 7.43. The highest BCUT2D eigenvalue weighted by molar-refractivity contribution is 7.99. The molecule has 1 N–H and O–H groups in total. The van der Waals surface area contributed by atoms with Gasteiger partial charge in [-0.15, -0.1) is 11.8 Å². The van der Waals surface area contributed by atoms with Crippen LogP contribution in [-0.2, 0) is 0 Å². The summed E-state index contributed by atoms with van der Waals surface area (Å²) in [5, 5.41) is 11.0. The molecule has 1 aromatic carbocycles. The van der Waals surface area contributed by atoms with E-state index in [9.17, 15) is 5.11 Å². The van der Waals surface area contributed by atoms with Gasteiger partial charge in [0.15, 0.2) is 0 Å². The third-order valence-electron chi connectivity index (χ3n) is 2.81. The Morgan fingerprint density at radius 3 is 2.76 bits per heavy atom. The molecule has 3 nitrogen and oxygen atoms in total. The van der Waals surface area contributed by atoms with Crippen molar-refractivity contribution in [3.8, 4) is 5.75 Å². The zero-order valence-electron chi connectivity index (χ0n) is 11.8. The number of halogens is 1. The summed E-state index contributed by atoms with van der Waals surface area (Å²) < 4.78 is 5.53. The van der Waals surface area contributed by atoms with Crippen molar-refractivity contribution < 1.29 is 9.84 Å². The average molecular weight is 324 g/mol. The summed E-state index contributed by atoms with van der Waals surface area (Å²) in [5.74, 6) is 1.26. The van der Waals surface area contributed by atoms with E-state index in [0.717, 1.165) is 16.9 Å². The van der Waals surface area contributed by atoms with Gasteiger partial charge in [-0.2, -0.15) is 0 Å². The Balaban J connectivity index is 1.93. The first-order valence-electron chi connectivity index (χ1n) is 6.83. The van der Waals surface area contributed by atoms with E-state index in [4.69, 9.17) is 16.3 Å². The fourth-order valence-electron chi connectivity index (χ4n) is 1.72. The second-order valence-corrected chi connectivity index (χ2v) is 6.11. The molecule has 5 heteroatoms. The summed E-state index contributed by atoms with van der Waals surface area (Å²) in [4.78, 5) is 5.19. The monoisotopic (exact) mass is 323 g/mol. The highest BCUT2D eigenvalue weighted by Crippen LogP contribution is 2.26. The van der Waals surface area contributed by atoms with Gasteiger partial charge >= 0.3 is 0 Å². The van der Waals surface area contributed by atoms with Gasteiger partial charge in [-0.1, -0.05) is 18.5 Å². The molecule has 1 aromatic heterocycles. The molecule has 0 fully saturated rings. The molecular weight excluding hydrogens is 306 g/mol. The molecular formula is C16H18ClNO2S. The van der Waals surface area contributed by atoms with Crippen molar-refractivity contribution >= 4 is 23.4 Å². The van der Waals surface area contributed by atoms with Crippen LogP contribution in [-0.4, -0.2) is 22.5 Å². The van der Waals surface area contributed by atoms with Crippen LogP contribution in [0.4, 0.5) is 0 Å². The molecule has 1 heterocycles. The first kappa shape index (κ1) is 16.1. The first-order chi connectivity index (χ1) is 10.2. The molecule has 0 saturated carbocycles. The molecule has 0 radical (unpaired) electrons. The number of hydrogen-bond acceptors (Lipinski definition) is 4. The average Bonchev–Trinajstić information content (AvgIpc) is 2.52. The minimum Gasteiger partial charge on any atom is -0.492 e. The molecule has 0 aliphatic rings. The molecule has 112 valence electrons. The molecule has 0 amide bonds. The van der Waals surface area contributed by atoms with E-state index in [1.807, 2.05) is 30.3 Å². The summed E-state index contributed by atoms with van der Waals surface area (Å²) in [6.45, 7) is 2.70. The van der Waals surface area contributed by atoms with Crippen LogP contribution in [0.2, 0.25) is 5.02 Å². The van der Waals surface area contributed by atoms with Crippen LogP contribution in [0, 0.1) is 0 Å². The highest BCUT2D eigenvalue weighted by atomic mass is 35.5. The largest absolute Gasteiger partial charge is 0.492 e. The highest BCUT2D eigenvalue weighted by Gasteiger charge is 2.10. The Kier molecular flexibility index (Phi) is 6.36. The number of thioether (sulfide) groups is 1. The molecule has 0 bridgehead atoms. The summed E-state index contributed by atoms with van der Waals surface area (Å²) in [7, 11) is 0. The third-order valence-corrected chi connectivity index (χ3v) is 4.15. The van der Waals surface area contributed by atoms with Gasteiger partial charge < -0.3 is 9.84 Å². The number of aliphatic hydroxyl groups excluding tert-OH is 1. The zero-order chi connectivity index (χ0) is 15.1. The van der Waals surface area contributed by atoms with Gasteiger partial charge in [-0.25, -0.2) is 0 Å². The van der Waals surface area contributed by atoms with Crippen molar-refractivity contribution in [3.05, 3.63) is 53.3 Å². The summed E-state index contributed by atoms with van der Waals surface area (Å²) in [5.41, 5.74) is 0.769. The number of ether oxygens (including phenoxy) is 1. The number of hydrogen-bond donors (Lipinski definition) is 1. The van der Waals surface area contributed by atoms with Crippen LogP contribution >= 0.6 is 23.4 Å². The van der Waals surface area contributed by atoms with Gasteiger partial charge in [0.25, 0.3) is 0 Å². The van der Waals surface area contributed by atoms with E-state index in [0.29, 0.717) is 23.1 Å². The maximum Gasteiger partial charge on any atom is 0.137 e. The van der Waals surface area contributed by atoms with E-state index in [1.165, 1.54) is 0 Å². The van der Waals surface area contributed by atoms with Crippen LogP contribution in [0.25, 0.3) is 0 Å². The van der Waals surface area contributed by atoms with Gasteiger partial charge in [-0.3, -0.25) is 4.98 Å². The molecule has 0 aliphatic heterocycles. The van der Waals surface area contributed by atoms with Gasteiger partial charge in [0, 0.05) is 27.4 Å². The van der Waals surface area contributed by atoms with Crippen molar-refractivity contribution in [2.45, 2.75) is 24.3 Å². The van der Waals surface area contributed by atoms with Crippen molar-refractivity contribution in [2.75, 3.05) is 12.4 Å². The Bertz CT molecular complexity index is 562. The Morgan fingerprint density at radius 2 is 2.05 bits per heavy atom. The zero-order valence-corrected chi connectivity index (χ0v) is 13.4. The van der Waals surface area contributed by atoms with E-state index < -0.39 is 6.10 Å². The predicted octanol–water partition coefficient (Wildman–Crippen LogP) is 4.35. The van der Waals surface area contributed by atoms with E-state index in [-0.39, 0.29) is 0 Å². The normalized spacial score (nSPS) is 12.1. The SMILES string of the molecule is CCCOc1cncc(C(O)CSc2ccc(Cl)cc2)c1. The molecule has 1 unspecified atom stereocenters. The maximum absolute atomic E-state index is 10.2. The van der Waals surface area contributed by atoms with Gasteiger partial charge in [-0.05, 0) is 36.8 Å². The predicted molar refractivity (Wildman–Crippen MR) is 87.2 cm³/mol. The summed E-state index contributed by atoms with van der Waals surface area (Å²) in [6.07, 6.45) is 3.70. The lowest BCUT2D eigenvalue weighted by molar-refractivity contribution is 0.202. The van der Waals surface area contributed by atoms with Gasteiger partial charge in [0.05, 0.1) is 18.9 Å². The van der Waals surface area contributed by atoms with E-state index in [1.54, 1.807) is 24.2 Å². The molecule has 0 saturated heterocycles. The van der Waals surface area contributed by atoms with Crippen molar-refractivity contribution in [3.63, 3.8) is 0 Å². The van der Waals surface area contributed by atoms with Crippen LogP contribution in [0.3, 0.4) is 0 Å². The lowest BCUT2D eigenvalue weighted by atomic mass is 10.2. The molecule has 21 heavy (non-hydrogen) atoms. The number of nitrogens with zero attached hydrogens (tertiary/aromatic N) is 1. The van der Waals surface area contributed by atoms with E-state index >= 15 is 0 Å². The van der Waals surface area contributed by atoms with Crippen molar-refractivity contribution in [1.82, 2.24) is 4.98 Å². The molecule has 0 aliphatic carbocycles. The topological polar surface area (TPSA) is 42.4 Å². The minimum absolute atomic E-state index is 0.556. The lowest BCUT2D eigenvalue weighted by Gasteiger charge is -2.12. The Hall–Kier alpha value is -1.23. The minimum atomic E-state index is -0.580. The number of rotatable bonds is 7. The first-order valence-corrected chi connectivity index (χ1v) is 8.19. The second-order valence-electron chi connectivity index (χ2n) is 4.58. The fraction of sp³-hybridized carbons (Fsp3) is 0.312. The standard InChI is InChI=1S/C16H18ClNO2S/c1-2-7-20-14-8-12(9-18-10-14)16(19)11-21-15-5-3-13(17)4-6-15/h3-6,8-10,16,19H,2,7,11H2,1H3. The van der Waals surface area contributed by atoms with Crippen LogP contribution < -0.4 is 4.74 Å². The van der Waals surface area contributed by atoms with Crippen molar-refractivity contribution in [1.29, 1.82) is 0 Å². The van der Waals surface area contributed by atoms with Gasteiger partial charge in [0.1, 0.15) is 5.75 Å². The molecule has 2 rings (SSSR count). The molecule has 2 aromatic rings. The quantitative estimate of drug-likeness (QED) is 0.769. The Labute approximate surface area is 134 Å². The van der Waals surface area contributed by atoms with E-state index in [2.05, 4.69) is 11.9 Å². The van der Waals surface area contributed by atoms with Crippen LogP contribution in [0.1, 0.15) is 25.0 Å². The molecule has 1 atom stereocenters. The number of pyridine rings is 1. The molecule has 0 spiro atoms. The second kappa shape index (κ2) is 8.27. The van der Waals surface area contributed by atoms with Crippen LogP contribution in [0.15, 0.2) is 47.6 Å². The smallest absolute Gasteiger partial charge is 0.137 e. The summed E-state index contributed by atoms with van der Waals surface area (Å²) in [6, 6.07) is 9.42. The van der Waals surface area contributed by atoms with Crippen LogP contribution in [0.5, 0.6) is 5.75 Å². The third kappa shape index (κ3) is 5.23.